The van der Waals surface area contributed by atoms with Crippen LogP contribution in [0, 0.1) is 10.9 Å². The molecule has 0 saturated heterocycles. The SMILES string of the molecule is N=NC(=N)c1ccc2c(c1)[nH]c1nc(Cc3ccccc3)nc(NC3CCC(N)CC3)c12. The average molecular weight is 427 g/mol. The zero-order chi connectivity index (χ0) is 22.1. The van der Waals surface area contributed by atoms with E-state index < -0.39 is 0 Å². The summed E-state index contributed by atoms with van der Waals surface area (Å²) in [5, 5.41) is 16.7. The van der Waals surface area contributed by atoms with E-state index in [9.17, 15) is 0 Å². The second-order valence-corrected chi connectivity index (χ2v) is 8.48. The third-order valence-corrected chi connectivity index (χ3v) is 6.20. The number of anilines is 1. The molecule has 32 heavy (non-hydrogen) atoms. The molecule has 2 aromatic heterocycles. The Morgan fingerprint density at radius 3 is 2.62 bits per heavy atom. The molecule has 0 atom stereocenters. The first-order valence-corrected chi connectivity index (χ1v) is 11.0. The number of hydrogen-bond acceptors (Lipinski definition) is 6. The number of nitrogens with two attached hydrogens (primary N) is 1. The van der Waals surface area contributed by atoms with E-state index in [0.717, 1.165) is 64.8 Å². The fourth-order valence-electron chi connectivity index (χ4n) is 4.48. The van der Waals surface area contributed by atoms with Crippen molar-refractivity contribution < 1.29 is 0 Å². The molecular weight excluding hydrogens is 400 g/mol. The highest BCUT2D eigenvalue weighted by atomic mass is 15.1. The van der Waals surface area contributed by atoms with Gasteiger partial charge in [-0.25, -0.2) is 15.5 Å². The molecule has 8 nitrogen and oxygen atoms in total. The molecule has 0 bridgehead atoms. The Balaban J connectivity index is 1.60. The Morgan fingerprint density at radius 2 is 1.88 bits per heavy atom. The summed E-state index contributed by atoms with van der Waals surface area (Å²) in [6, 6.07) is 16.4. The zero-order valence-electron chi connectivity index (χ0n) is 17.7. The number of H-pyrrole nitrogens is 1. The summed E-state index contributed by atoms with van der Waals surface area (Å²) in [6.07, 6.45) is 4.71. The fraction of sp³-hybridized carbons (Fsp3) is 0.292. The summed E-state index contributed by atoms with van der Waals surface area (Å²) in [6.45, 7) is 0. The van der Waals surface area contributed by atoms with Crippen molar-refractivity contribution in [3.63, 3.8) is 0 Å². The number of hydrogen-bond donors (Lipinski definition) is 5. The quantitative estimate of drug-likeness (QED) is 0.179. The van der Waals surface area contributed by atoms with Crippen LogP contribution in [0.5, 0.6) is 0 Å². The van der Waals surface area contributed by atoms with E-state index >= 15 is 0 Å². The van der Waals surface area contributed by atoms with Gasteiger partial charge in [-0.3, -0.25) is 5.41 Å². The minimum atomic E-state index is -0.0710. The molecule has 2 aromatic carbocycles. The van der Waals surface area contributed by atoms with E-state index in [0.29, 0.717) is 18.0 Å². The first-order chi connectivity index (χ1) is 15.6. The van der Waals surface area contributed by atoms with E-state index in [-0.39, 0.29) is 11.9 Å². The van der Waals surface area contributed by atoms with Crippen LogP contribution < -0.4 is 11.1 Å². The number of nitrogens with zero attached hydrogens (tertiary/aromatic N) is 3. The minimum absolute atomic E-state index is 0.0710. The van der Waals surface area contributed by atoms with Gasteiger partial charge in [0.05, 0.1) is 5.39 Å². The van der Waals surface area contributed by atoms with Gasteiger partial charge in [0.15, 0.2) is 5.84 Å². The maximum atomic E-state index is 7.86. The monoisotopic (exact) mass is 426 g/mol. The molecule has 8 heteroatoms. The minimum Gasteiger partial charge on any atom is -0.367 e. The van der Waals surface area contributed by atoms with Gasteiger partial charge in [0.25, 0.3) is 0 Å². The van der Waals surface area contributed by atoms with Gasteiger partial charge in [0, 0.05) is 35.0 Å². The predicted molar refractivity (Wildman–Crippen MR) is 126 cm³/mol. The maximum absolute atomic E-state index is 7.86. The molecule has 1 aliphatic rings. The Labute approximate surface area is 185 Å². The molecule has 1 fully saturated rings. The topological polar surface area (TPSA) is 140 Å². The van der Waals surface area contributed by atoms with Crippen LogP contribution >= 0.6 is 0 Å². The van der Waals surface area contributed by atoms with E-state index in [1.165, 1.54) is 0 Å². The largest absolute Gasteiger partial charge is 0.367 e. The Bertz CT molecular complexity index is 1290. The lowest BCUT2D eigenvalue weighted by Crippen LogP contribution is -2.33. The molecule has 4 aromatic rings. The van der Waals surface area contributed by atoms with Crippen LogP contribution in [-0.4, -0.2) is 32.9 Å². The highest BCUT2D eigenvalue weighted by Crippen LogP contribution is 2.32. The van der Waals surface area contributed by atoms with Crippen molar-refractivity contribution in [2.45, 2.75) is 44.2 Å². The van der Waals surface area contributed by atoms with Crippen molar-refractivity contribution in [2.75, 3.05) is 5.32 Å². The molecule has 0 spiro atoms. The summed E-state index contributed by atoms with van der Waals surface area (Å²) >= 11 is 0. The van der Waals surface area contributed by atoms with Gasteiger partial charge in [-0.1, -0.05) is 42.5 Å². The number of fused-ring (bicyclic) bond motifs is 3. The lowest BCUT2D eigenvalue weighted by Gasteiger charge is -2.27. The number of benzene rings is 2. The van der Waals surface area contributed by atoms with Gasteiger partial charge in [0.2, 0.25) is 0 Å². The third kappa shape index (κ3) is 3.97. The van der Waals surface area contributed by atoms with Gasteiger partial charge < -0.3 is 16.0 Å². The first-order valence-electron chi connectivity index (χ1n) is 11.0. The Kier molecular flexibility index (Phi) is 5.36. The van der Waals surface area contributed by atoms with Crippen LogP contribution in [0.15, 0.2) is 53.6 Å². The molecule has 1 saturated carbocycles. The highest BCUT2D eigenvalue weighted by Gasteiger charge is 2.22. The summed E-state index contributed by atoms with van der Waals surface area (Å²) in [4.78, 5) is 13.2. The molecule has 0 amide bonds. The molecule has 0 unspecified atom stereocenters. The second kappa shape index (κ2) is 8.47. The van der Waals surface area contributed by atoms with Crippen LogP contribution in [0.4, 0.5) is 5.82 Å². The van der Waals surface area contributed by atoms with Crippen molar-refractivity contribution in [1.82, 2.24) is 15.0 Å². The highest BCUT2D eigenvalue weighted by molar-refractivity contribution is 6.13. The zero-order valence-corrected chi connectivity index (χ0v) is 17.7. The summed E-state index contributed by atoms with van der Waals surface area (Å²) in [5.41, 5.74) is 16.6. The van der Waals surface area contributed by atoms with Crippen molar-refractivity contribution in [1.29, 1.82) is 10.9 Å². The standard InChI is InChI=1S/C24H26N8/c25-16-7-9-17(10-8-16)28-23-21-18-11-6-15(22(26)32-27)13-19(18)29-24(21)31-20(30-23)12-14-4-2-1-3-5-14/h1-6,11,13,16-17,26-27H,7-10,12,25H2,(H2,28,29,30,31). The smallest absolute Gasteiger partial charge is 0.173 e. The van der Waals surface area contributed by atoms with E-state index in [2.05, 4.69) is 27.5 Å². The number of aromatic amines is 1. The maximum Gasteiger partial charge on any atom is 0.173 e. The Hall–Kier alpha value is -3.65. The van der Waals surface area contributed by atoms with Crippen molar-refractivity contribution >= 4 is 33.6 Å². The molecular formula is C24H26N8. The predicted octanol–water partition coefficient (Wildman–Crippen LogP) is 4.74. The number of amidine groups is 1. The molecule has 5 rings (SSSR count). The Morgan fingerprint density at radius 1 is 1.09 bits per heavy atom. The van der Waals surface area contributed by atoms with Gasteiger partial charge in [-0.05, 0) is 37.3 Å². The van der Waals surface area contributed by atoms with Gasteiger partial charge in [0.1, 0.15) is 17.3 Å². The normalized spacial score (nSPS) is 18.7. The fourth-order valence-corrected chi connectivity index (χ4v) is 4.48. The van der Waals surface area contributed by atoms with Crippen molar-refractivity contribution in [3.05, 3.63) is 65.5 Å². The molecule has 6 N–H and O–H groups in total. The van der Waals surface area contributed by atoms with Crippen LogP contribution in [0.3, 0.4) is 0 Å². The number of aromatic nitrogens is 3. The first kappa shape index (κ1) is 20.3. The van der Waals surface area contributed by atoms with Gasteiger partial charge in [-0.2, -0.15) is 0 Å². The lowest BCUT2D eigenvalue weighted by atomic mass is 9.92. The van der Waals surface area contributed by atoms with Gasteiger partial charge >= 0.3 is 0 Å². The van der Waals surface area contributed by atoms with E-state index in [1.54, 1.807) is 0 Å². The third-order valence-electron chi connectivity index (χ3n) is 6.20. The molecule has 1 aliphatic carbocycles. The van der Waals surface area contributed by atoms with E-state index in [4.69, 9.17) is 26.6 Å². The second-order valence-electron chi connectivity index (χ2n) is 8.48. The van der Waals surface area contributed by atoms with Crippen molar-refractivity contribution in [2.24, 2.45) is 10.8 Å². The number of nitrogens with one attached hydrogen (secondary N) is 4. The van der Waals surface area contributed by atoms with Crippen LogP contribution in [0.25, 0.3) is 21.9 Å². The summed E-state index contributed by atoms with van der Waals surface area (Å²) in [5.74, 6) is 1.51. The van der Waals surface area contributed by atoms with Crippen molar-refractivity contribution in [3.8, 4) is 0 Å². The summed E-state index contributed by atoms with van der Waals surface area (Å²) < 4.78 is 0. The molecule has 0 aliphatic heterocycles. The average Bonchev–Trinajstić information content (AvgIpc) is 3.18. The van der Waals surface area contributed by atoms with Crippen LogP contribution in [-0.2, 0) is 6.42 Å². The molecule has 2 heterocycles. The van der Waals surface area contributed by atoms with Crippen LogP contribution in [0.2, 0.25) is 0 Å². The van der Waals surface area contributed by atoms with Crippen LogP contribution in [0.1, 0.15) is 42.6 Å². The number of rotatable bonds is 5. The molecule has 162 valence electrons. The van der Waals surface area contributed by atoms with E-state index in [1.807, 2.05) is 36.4 Å². The summed E-state index contributed by atoms with van der Waals surface area (Å²) in [7, 11) is 0. The van der Waals surface area contributed by atoms with Gasteiger partial charge in [-0.15, -0.1) is 5.11 Å². The molecule has 0 radical (unpaired) electrons. The lowest BCUT2D eigenvalue weighted by molar-refractivity contribution is 0.410.